The highest BCUT2D eigenvalue weighted by Crippen LogP contribution is 2.39. The van der Waals surface area contributed by atoms with E-state index in [0.29, 0.717) is 5.56 Å². The molecule has 0 atom stereocenters. The van der Waals surface area contributed by atoms with E-state index in [9.17, 15) is 9.90 Å². The molecule has 0 fully saturated rings. The average molecular weight is 322 g/mol. The van der Waals surface area contributed by atoms with E-state index in [1.165, 1.54) is 5.56 Å². The Morgan fingerprint density at radius 2 is 1.96 bits per heavy atom. The van der Waals surface area contributed by atoms with E-state index < -0.39 is 5.97 Å². The zero-order valence-electron chi connectivity index (χ0n) is 14.3. The molecule has 1 N–H and O–H groups in total. The molecule has 0 aliphatic carbocycles. The fraction of sp³-hybridized carbons (Fsp3) is 0.286. The summed E-state index contributed by atoms with van der Waals surface area (Å²) in [5.74, 6) is 0.0448. The number of carboxylic acids is 1. The first-order valence-corrected chi connectivity index (χ1v) is 8.17. The van der Waals surface area contributed by atoms with Gasteiger partial charge in [0.1, 0.15) is 5.75 Å². The molecule has 124 valence electrons. The molecule has 3 heteroatoms. The van der Waals surface area contributed by atoms with Crippen molar-refractivity contribution in [1.82, 2.24) is 0 Å². The molecule has 0 saturated carbocycles. The van der Waals surface area contributed by atoms with Gasteiger partial charge in [-0.1, -0.05) is 44.2 Å². The van der Waals surface area contributed by atoms with Crippen LogP contribution in [-0.4, -0.2) is 17.7 Å². The number of carbonyl (C=O) groups is 1. The second kappa shape index (κ2) is 6.16. The lowest BCUT2D eigenvalue weighted by Crippen LogP contribution is -2.26. The van der Waals surface area contributed by atoms with E-state index >= 15 is 0 Å². The van der Waals surface area contributed by atoms with Crippen LogP contribution in [0.25, 0.3) is 11.6 Å². The maximum Gasteiger partial charge on any atom is 0.336 e. The van der Waals surface area contributed by atoms with Gasteiger partial charge >= 0.3 is 5.97 Å². The Kier molecular flexibility index (Phi) is 4.18. The Morgan fingerprint density at radius 1 is 1.21 bits per heavy atom. The van der Waals surface area contributed by atoms with Crippen molar-refractivity contribution < 1.29 is 14.6 Å². The second-order valence-corrected chi connectivity index (χ2v) is 6.91. The molecule has 3 nitrogen and oxygen atoms in total. The summed E-state index contributed by atoms with van der Waals surface area (Å²) in [4.78, 5) is 11.4. The third-order valence-electron chi connectivity index (χ3n) is 4.71. The molecule has 3 rings (SSSR count). The van der Waals surface area contributed by atoms with Gasteiger partial charge in [-0.25, -0.2) is 4.79 Å². The van der Waals surface area contributed by atoms with Crippen molar-refractivity contribution in [2.24, 2.45) is 0 Å². The predicted molar refractivity (Wildman–Crippen MR) is 96.5 cm³/mol. The van der Waals surface area contributed by atoms with Gasteiger partial charge in [-0.2, -0.15) is 0 Å². The Bertz CT molecular complexity index is 816. The van der Waals surface area contributed by atoms with Gasteiger partial charge in [0.15, 0.2) is 0 Å². The first kappa shape index (κ1) is 16.3. The van der Waals surface area contributed by atoms with Crippen molar-refractivity contribution in [3.63, 3.8) is 0 Å². The van der Waals surface area contributed by atoms with Gasteiger partial charge in [0.25, 0.3) is 0 Å². The van der Waals surface area contributed by atoms with Crippen molar-refractivity contribution >= 4 is 17.6 Å². The number of ether oxygens (including phenoxy) is 1. The van der Waals surface area contributed by atoms with Gasteiger partial charge < -0.3 is 9.84 Å². The molecule has 0 unspecified atom stereocenters. The van der Waals surface area contributed by atoms with E-state index in [4.69, 9.17) is 4.74 Å². The molecular weight excluding hydrogens is 300 g/mol. The van der Waals surface area contributed by atoms with Crippen LogP contribution in [-0.2, 0) is 5.41 Å². The Labute approximate surface area is 142 Å². The molecule has 0 bridgehead atoms. The molecule has 1 aliphatic rings. The number of allylic oxidation sites excluding steroid dienone is 1. The summed E-state index contributed by atoms with van der Waals surface area (Å²) >= 11 is 0. The highest BCUT2D eigenvalue weighted by atomic mass is 16.5. The molecule has 2 aromatic rings. The summed E-state index contributed by atoms with van der Waals surface area (Å²) in [6, 6.07) is 13.3. The number of rotatable bonds is 3. The lowest BCUT2D eigenvalue weighted by atomic mass is 9.79. The van der Waals surface area contributed by atoms with E-state index in [2.05, 4.69) is 19.9 Å². The standard InChI is InChI=1S/C21H22O3/c1-14(12-16-6-4-5-7-17(16)20(22)23)15-8-9-19-18(13-15)21(2,3)10-11-24-19/h4-9,12-13H,10-11H2,1-3H3,(H,22,23). The third kappa shape index (κ3) is 3.07. The van der Waals surface area contributed by atoms with Crippen molar-refractivity contribution in [3.8, 4) is 5.75 Å². The van der Waals surface area contributed by atoms with Crippen LogP contribution in [0.2, 0.25) is 0 Å². The zero-order valence-corrected chi connectivity index (χ0v) is 14.3. The first-order chi connectivity index (χ1) is 11.4. The van der Waals surface area contributed by atoms with Crippen molar-refractivity contribution in [1.29, 1.82) is 0 Å². The van der Waals surface area contributed by atoms with Gasteiger partial charge in [-0.15, -0.1) is 0 Å². The second-order valence-electron chi connectivity index (χ2n) is 6.91. The van der Waals surface area contributed by atoms with Gasteiger partial charge in [0, 0.05) is 5.56 Å². The highest BCUT2D eigenvalue weighted by molar-refractivity contribution is 5.95. The minimum absolute atomic E-state index is 0.0862. The molecule has 2 aromatic carbocycles. The fourth-order valence-electron chi connectivity index (χ4n) is 3.12. The van der Waals surface area contributed by atoms with Gasteiger partial charge in [0.05, 0.1) is 12.2 Å². The Balaban J connectivity index is 2.02. The number of fused-ring (bicyclic) bond motifs is 1. The lowest BCUT2D eigenvalue weighted by molar-refractivity contribution is 0.0696. The number of hydrogen-bond donors (Lipinski definition) is 1. The van der Waals surface area contributed by atoms with Crippen molar-refractivity contribution in [2.75, 3.05) is 6.61 Å². The SMILES string of the molecule is CC(=Cc1ccccc1C(=O)O)c1ccc2c(c1)C(C)(C)CCO2. The minimum Gasteiger partial charge on any atom is -0.493 e. The molecule has 0 spiro atoms. The molecule has 1 aliphatic heterocycles. The van der Waals surface area contributed by atoms with E-state index in [1.807, 2.05) is 37.3 Å². The molecule has 24 heavy (non-hydrogen) atoms. The van der Waals surface area contributed by atoms with Crippen LogP contribution >= 0.6 is 0 Å². The smallest absolute Gasteiger partial charge is 0.336 e. The first-order valence-electron chi connectivity index (χ1n) is 8.17. The summed E-state index contributed by atoms with van der Waals surface area (Å²) in [6.45, 7) is 7.23. The van der Waals surface area contributed by atoms with Gasteiger partial charge in [-0.3, -0.25) is 0 Å². The van der Waals surface area contributed by atoms with Crippen LogP contribution in [0.1, 0.15) is 54.2 Å². The molecule has 1 heterocycles. The summed E-state index contributed by atoms with van der Waals surface area (Å²) < 4.78 is 5.77. The maximum absolute atomic E-state index is 11.4. The monoisotopic (exact) mass is 322 g/mol. The number of aromatic carboxylic acids is 1. The topological polar surface area (TPSA) is 46.5 Å². The van der Waals surface area contributed by atoms with Crippen molar-refractivity contribution in [3.05, 3.63) is 64.7 Å². The van der Waals surface area contributed by atoms with E-state index in [1.54, 1.807) is 12.1 Å². The molecule has 0 amide bonds. The fourth-order valence-corrected chi connectivity index (χ4v) is 3.12. The zero-order chi connectivity index (χ0) is 17.3. The summed E-state index contributed by atoms with van der Waals surface area (Å²) in [7, 11) is 0. The van der Waals surface area contributed by atoms with Gasteiger partial charge in [-0.05, 0) is 53.7 Å². The molecule has 0 aromatic heterocycles. The minimum atomic E-state index is -0.908. The lowest BCUT2D eigenvalue weighted by Gasteiger charge is -2.32. The van der Waals surface area contributed by atoms with Crippen LogP contribution in [0.4, 0.5) is 0 Å². The number of hydrogen-bond acceptors (Lipinski definition) is 2. The number of carboxylic acid groups (broad SMARTS) is 1. The average Bonchev–Trinajstić information content (AvgIpc) is 2.54. The molecule has 0 saturated heterocycles. The highest BCUT2D eigenvalue weighted by Gasteiger charge is 2.28. The maximum atomic E-state index is 11.4. The van der Waals surface area contributed by atoms with Crippen LogP contribution in [0.3, 0.4) is 0 Å². The summed E-state index contributed by atoms with van der Waals surface area (Å²) in [5.41, 5.74) is 4.46. The molecular formula is C21H22O3. The third-order valence-corrected chi connectivity index (χ3v) is 4.71. The van der Waals surface area contributed by atoms with Crippen LogP contribution in [0.15, 0.2) is 42.5 Å². The summed E-state index contributed by atoms with van der Waals surface area (Å²) in [6.07, 6.45) is 2.93. The predicted octanol–water partition coefficient (Wildman–Crippen LogP) is 5.01. The van der Waals surface area contributed by atoms with Gasteiger partial charge in [0.2, 0.25) is 0 Å². The normalized spacial score (nSPS) is 16.2. The largest absolute Gasteiger partial charge is 0.493 e. The van der Waals surface area contributed by atoms with Crippen molar-refractivity contribution in [2.45, 2.75) is 32.6 Å². The Morgan fingerprint density at radius 3 is 2.71 bits per heavy atom. The van der Waals surface area contributed by atoms with Crippen LogP contribution in [0.5, 0.6) is 5.75 Å². The molecule has 0 radical (unpaired) electrons. The van der Waals surface area contributed by atoms with E-state index in [0.717, 1.165) is 35.5 Å². The van der Waals surface area contributed by atoms with Crippen LogP contribution in [0, 0.1) is 0 Å². The summed E-state index contributed by atoms with van der Waals surface area (Å²) in [5, 5.41) is 9.33. The van der Waals surface area contributed by atoms with Crippen LogP contribution < -0.4 is 4.74 Å². The van der Waals surface area contributed by atoms with E-state index in [-0.39, 0.29) is 5.41 Å². The Hall–Kier alpha value is -2.55. The quantitative estimate of drug-likeness (QED) is 0.808. The number of benzene rings is 2.